The second-order valence-corrected chi connectivity index (χ2v) is 5.15. The van der Waals surface area contributed by atoms with E-state index in [1.165, 1.54) is 6.42 Å². The molecule has 1 aliphatic rings. The molecular weight excluding hydrogens is 186 g/mol. The Kier molecular flexibility index (Phi) is 4.52. The lowest BCUT2D eigenvalue weighted by atomic mass is 9.74. The highest BCUT2D eigenvalue weighted by Gasteiger charge is 2.30. The van der Waals surface area contributed by atoms with Gasteiger partial charge in [-0.3, -0.25) is 4.79 Å². The fraction of sp³-hybridized carbons (Fsp3) is 0.769. The van der Waals surface area contributed by atoms with Gasteiger partial charge in [0.2, 0.25) is 0 Å². The Bertz CT molecular complexity index is 227. The summed E-state index contributed by atoms with van der Waals surface area (Å²) in [6.07, 6.45) is 5.64. The van der Waals surface area contributed by atoms with Crippen LogP contribution in [0.25, 0.3) is 0 Å². The zero-order chi connectivity index (χ0) is 11.4. The van der Waals surface area contributed by atoms with Gasteiger partial charge in [-0.15, -0.1) is 6.58 Å². The average molecular weight is 209 g/mol. The van der Waals surface area contributed by atoms with Crippen LogP contribution in [0.4, 0.5) is 0 Å². The predicted octanol–water partition coefficient (Wildman–Crippen LogP) is 2.53. The van der Waals surface area contributed by atoms with Crippen LogP contribution in [-0.2, 0) is 4.79 Å². The van der Waals surface area contributed by atoms with Crippen LogP contribution in [0.2, 0.25) is 0 Å². The zero-order valence-electron chi connectivity index (χ0n) is 9.91. The molecule has 0 bridgehead atoms. The maximum absolute atomic E-state index is 12.0. The van der Waals surface area contributed by atoms with Gasteiger partial charge in [-0.2, -0.15) is 0 Å². The molecule has 0 aromatic carbocycles. The Morgan fingerprint density at radius 3 is 2.40 bits per heavy atom. The first kappa shape index (κ1) is 12.4. The normalized spacial score (nSPS) is 33.4. The maximum Gasteiger partial charge on any atom is 0.152 e. The molecular formula is C13H23NO. The van der Waals surface area contributed by atoms with E-state index in [0.717, 1.165) is 12.8 Å². The number of nitrogens with two attached hydrogens (primary N) is 1. The largest absolute Gasteiger partial charge is 0.321 e. The van der Waals surface area contributed by atoms with Crippen molar-refractivity contribution in [3.8, 4) is 0 Å². The molecule has 0 aliphatic heterocycles. The summed E-state index contributed by atoms with van der Waals surface area (Å²) in [6.45, 7) is 8.09. The van der Waals surface area contributed by atoms with Crippen molar-refractivity contribution >= 4 is 5.78 Å². The smallest absolute Gasteiger partial charge is 0.152 e. The van der Waals surface area contributed by atoms with Crippen LogP contribution in [-0.4, -0.2) is 11.8 Å². The van der Waals surface area contributed by atoms with Gasteiger partial charge >= 0.3 is 0 Å². The van der Waals surface area contributed by atoms with Gasteiger partial charge in [0.15, 0.2) is 5.78 Å². The Labute approximate surface area is 92.9 Å². The SMILES string of the molecule is C=CCC(N)C(=O)C1CC(C)CC(C)C1. The fourth-order valence-corrected chi connectivity index (χ4v) is 2.78. The molecule has 0 radical (unpaired) electrons. The van der Waals surface area contributed by atoms with E-state index in [0.29, 0.717) is 18.3 Å². The number of hydrogen-bond acceptors (Lipinski definition) is 2. The van der Waals surface area contributed by atoms with E-state index in [1.54, 1.807) is 6.08 Å². The summed E-state index contributed by atoms with van der Waals surface area (Å²) in [6, 6.07) is -0.329. The maximum atomic E-state index is 12.0. The predicted molar refractivity (Wildman–Crippen MR) is 63.5 cm³/mol. The van der Waals surface area contributed by atoms with Gasteiger partial charge in [-0.05, 0) is 37.5 Å². The monoisotopic (exact) mass is 209 g/mol. The van der Waals surface area contributed by atoms with Gasteiger partial charge < -0.3 is 5.73 Å². The number of Topliss-reactive ketones (excluding diaryl/α,β-unsaturated/α-hetero) is 1. The van der Waals surface area contributed by atoms with E-state index in [1.807, 2.05) is 0 Å². The first-order valence-corrected chi connectivity index (χ1v) is 5.94. The fourth-order valence-electron chi connectivity index (χ4n) is 2.78. The van der Waals surface area contributed by atoms with E-state index in [2.05, 4.69) is 20.4 Å². The highest BCUT2D eigenvalue weighted by molar-refractivity contribution is 5.86. The van der Waals surface area contributed by atoms with Gasteiger partial charge in [0, 0.05) is 5.92 Å². The number of carbonyl (C=O) groups is 1. The molecule has 1 rings (SSSR count). The Hall–Kier alpha value is -0.630. The second-order valence-electron chi connectivity index (χ2n) is 5.15. The first-order valence-electron chi connectivity index (χ1n) is 5.94. The van der Waals surface area contributed by atoms with E-state index in [4.69, 9.17) is 5.73 Å². The van der Waals surface area contributed by atoms with Crippen molar-refractivity contribution in [2.24, 2.45) is 23.5 Å². The van der Waals surface area contributed by atoms with Gasteiger partial charge in [-0.1, -0.05) is 19.9 Å². The molecule has 0 spiro atoms. The molecule has 0 saturated heterocycles. The molecule has 0 heterocycles. The molecule has 2 heteroatoms. The van der Waals surface area contributed by atoms with Crippen molar-refractivity contribution in [2.75, 3.05) is 0 Å². The standard InChI is InChI=1S/C13H23NO/c1-4-5-12(14)13(15)11-7-9(2)6-10(3)8-11/h4,9-12H,1,5-8,14H2,2-3H3. The van der Waals surface area contributed by atoms with Crippen molar-refractivity contribution in [3.63, 3.8) is 0 Å². The van der Waals surface area contributed by atoms with Crippen LogP contribution in [0.15, 0.2) is 12.7 Å². The van der Waals surface area contributed by atoms with Gasteiger partial charge in [0.05, 0.1) is 6.04 Å². The minimum absolute atomic E-state index is 0.193. The van der Waals surface area contributed by atoms with Gasteiger partial charge in [-0.25, -0.2) is 0 Å². The number of rotatable bonds is 4. The van der Waals surface area contributed by atoms with E-state index in [9.17, 15) is 4.79 Å². The summed E-state index contributed by atoms with van der Waals surface area (Å²) in [5.41, 5.74) is 5.83. The van der Waals surface area contributed by atoms with Crippen molar-refractivity contribution in [1.82, 2.24) is 0 Å². The van der Waals surface area contributed by atoms with E-state index in [-0.39, 0.29) is 17.7 Å². The van der Waals surface area contributed by atoms with Crippen LogP contribution >= 0.6 is 0 Å². The quantitative estimate of drug-likeness (QED) is 0.723. The van der Waals surface area contributed by atoms with Gasteiger partial charge in [0.1, 0.15) is 0 Å². The number of ketones is 1. The van der Waals surface area contributed by atoms with Crippen LogP contribution in [0.1, 0.15) is 39.5 Å². The minimum Gasteiger partial charge on any atom is -0.321 e. The van der Waals surface area contributed by atoms with Crippen LogP contribution < -0.4 is 5.73 Å². The summed E-state index contributed by atoms with van der Waals surface area (Å²) in [5, 5.41) is 0. The van der Waals surface area contributed by atoms with E-state index < -0.39 is 0 Å². The minimum atomic E-state index is -0.329. The van der Waals surface area contributed by atoms with Crippen molar-refractivity contribution < 1.29 is 4.79 Å². The molecule has 2 N–H and O–H groups in total. The Morgan fingerprint density at radius 1 is 1.40 bits per heavy atom. The van der Waals surface area contributed by atoms with E-state index >= 15 is 0 Å². The first-order chi connectivity index (χ1) is 7.04. The molecule has 0 aromatic rings. The molecule has 1 fully saturated rings. The summed E-state index contributed by atoms with van der Waals surface area (Å²) in [4.78, 5) is 12.0. The van der Waals surface area contributed by atoms with Crippen LogP contribution in [0.3, 0.4) is 0 Å². The van der Waals surface area contributed by atoms with Crippen molar-refractivity contribution in [2.45, 2.75) is 45.6 Å². The topological polar surface area (TPSA) is 43.1 Å². The molecule has 0 amide bonds. The summed E-state index contributed by atoms with van der Waals surface area (Å²) < 4.78 is 0. The van der Waals surface area contributed by atoms with Crippen LogP contribution in [0, 0.1) is 17.8 Å². The number of hydrogen-bond donors (Lipinski definition) is 1. The highest BCUT2D eigenvalue weighted by atomic mass is 16.1. The zero-order valence-corrected chi connectivity index (χ0v) is 9.91. The molecule has 1 saturated carbocycles. The second kappa shape index (κ2) is 5.45. The molecule has 2 nitrogen and oxygen atoms in total. The molecule has 0 aromatic heterocycles. The number of carbonyl (C=O) groups excluding carboxylic acids is 1. The molecule has 15 heavy (non-hydrogen) atoms. The third-order valence-electron chi connectivity index (χ3n) is 3.37. The van der Waals surface area contributed by atoms with Crippen LogP contribution in [0.5, 0.6) is 0 Å². The molecule has 1 aliphatic carbocycles. The van der Waals surface area contributed by atoms with Gasteiger partial charge in [0.25, 0.3) is 0 Å². The average Bonchev–Trinajstić information content (AvgIpc) is 2.15. The summed E-state index contributed by atoms with van der Waals surface area (Å²) in [7, 11) is 0. The molecule has 3 atom stereocenters. The lowest BCUT2D eigenvalue weighted by molar-refractivity contribution is -0.126. The molecule has 3 unspecified atom stereocenters. The van der Waals surface area contributed by atoms with Crippen molar-refractivity contribution in [1.29, 1.82) is 0 Å². The lowest BCUT2D eigenvalue weighted by Crippen LogP contribution is -2.38. The third kappa shape index (κ3) is 3.45. The Balaban J connectivity index is 2.54. The molecule has 86 valence electrons. The third-order valence-corrected chi connectivity index (χ3v) is 3.37. The summed E-state index contributed by atoms with van der Waals surface area (Å²) in [5.74, 6) is 1.77. The van der Waals surface area contributed by atoms with Crippen molar-refractivity contribution in [3.05, 3.63) is 12.7 Å². The lowest BCUT2D eigenvalue weighted by Gasteiger charge is -2.31. The summed E-state index contributed by atoms with van der Waals surface area (Å²) >= 11 is 0. The Morgan fingerprint density at radius 2 is 1.93 bits per heavy atom. The highest BCUT2D eigenvalue weighted by Crippen LogP contribution is 2.33.